The van der Waals surface area contributed by atoms with Gasteiger partial charge in [-0.1, -0.05) is 35.9 Å². The van der Waals surface area contributed by atoms with Crippen LogP contribution in [0.25, 0.3) is 0 Å². The monoisotopic (exact) mass is 408 g/mol. The van der Waals surface area contributed by atoms with Crippen molar-refractivity contribution in [2.75, 3.05) is 13.7 Å². The Morgan fingerprint density at radius 3 is 2.70 bits per heavy atom. The predicted octanol–water partition coefficient (Wildman–Crippen LogP) is 2.26. The van der Waals surface area contributed by atoms with Crippen LogP contribution in [0.4, 0.5) is 0 Å². The minimum absolute atomic E-state index is 0.131. The number of ether oxygens (including phenoxy) is 1. The Hall–Kier alpha value is -2.09. The molecule has 0 aliphatic carbocycles. The second-order valence-electron chi connectivity index (χ2n) is 6.41. The van der Waals surface area contributed by atoms with Crippen molar-refractivity contribution in [3.8, 4) is 5.75 Å². The lowest BCUT2D eigenvalue weighted by Gasteiger charge is -2.25. The average Bonchev–Trinajstić information content (AvgIpc) is 2.66. The summed E-state index contributed by atoms with van der Waals surface area (Å²) >= 11 is 6.02. The molecule has 27 heavy (non-hydrogen) atoms. The van der Waals surface area contributed by atoms with E-state index in [2.05, 4.69) is 10.0 Å². The molecule has 1 unspecified atom stereocenters. The number of rotatable bonds is 6. The first-order valence-corrected chi connectivity index (χ1v) is 10.6. The van der Waals surface area contributed by atoms with Gasteiger partial charge >= 0.3 is 0 Å². The van der Waals surface area contributed by atoms with Gasteiger partial charge in [-0.25, -0.2) is 13.1 Å². The van der Waals surface area contributed by atoms with Crippen LogP contribution in [0.15, 0.2) is 42.5 Å². The largest absolute Gasteiger partial charge is 0.492 e. The lowest BCUT2D eigenvalue weighted by atomic mass is 9.96. The Kier molecular flexibility index (Phi) is 6.04. The smallest absolute Gasteiger partial charge is 0.227 e. The lowest BCUT2D eigenvalue weighted by molar-refractivity contribution is -0.126. The third kappa shape index (κ3) is 5.00. The zero-order valence-electron chi connectivity index (χ0n) is 14.9. The summed E-state index contributed by atoms with van der Waals surface area (Å²) in [5.41, 5.74) is 2.34. The van der Waals surface area contributed by atoms with Gasteiger partial charge in [-0.3, -0.25) is 4.79 Å². The summed E-state index contributed by atoms with van der Waals surface area (Å²) in [6.07, 6.45) is 0.553. The van der Waals surface area contributed by atoms with Crippen LogP contribution in [0.3, 0.4) is 0 Å². The highest BCUT2D eigenvalue weighted by atomic mass is 35.5. The van der Waals surface area contributed by atoms with Gasteiger partial charge in [0.05, 0.1) is 11.7 Å². The highest BCUT2D eigenvalue weighted by Gasteiger charge is 2.26. The van der Waals surface area contributed by atoms with Gasteiger partial charge < -0.3 is 10.1 Å². The maximum Gasteiger partial charge on any atom is 0.227 e. The second-order valence-corrected chi connectivity index (χ2v) is 8.78. The minimum Gasteiger partial charge on any atom is -0.492 e. The lowest BCUT2D eigenvalue weighted by Crippen LogP contribution is -2.37. The summed E-state index contributed by atoms with van der Waals surface area (Å²) in [6.45, 7) is 0.559. The highest BCUT2D eigenvalue weighted by Crippen LogP contribution is 2.29. The van der Waals surface area contributed by atoms with Crippen molar-refractivity contribution in [3.05, 3.63) is 64.2 Å². The molecule has 8 heteroatoms. The number of nitrogens with one attached hydrogen (secondary N) is 2. The maximum atomic E-state index is 12.6. The average molecular weight is 409 g/mol. The molecule has 144 valence electrons. The summed E-state index contributed by atoms with van der Waals surface area (Å²) < 4.78 is 31.6. The van der Waals surface area contributed by atoms with Gasteiger partial charge in [0.15, 0.2) is 0 Å². The van der Waals surface area contributed by atoms with Crippen molar-refractivity contribution < 1.29 is 17.9 Å². The molecule has 0 aromatic heterocycles. The third-order valence-electron chi connectivity index (χ3n) is 4.53. The molecule has 3 rings (SSSR count). The quantitative estimate of drug-likeness (QED) is 0.767. The number of carbonyl (C=O) groups is 1. The molecule has 1 heterocycles. The number of carbonyl (C=O) groups excluding carboxylic acids is 1. The molecular formula is C19H21ClN2O4S. The maximum absolute atomic E-state index is 12.6. The van der Waals surface area contributed by atoms with Crippen molar-refractivity contribution in [3.63, 3.8) is 0 Å². The topological polar surface area (TPSA) is 84.5 Å². The SMILES string of the molecule is CNS(=O)(=O)Cc1ccccc1CNC(=O)C1COc2ccc(Cl)cc2C1. The summed E-state index contributed by atoms with van der Waals surface area (Å²) in [4.78, 5) is 12.6. The highest BCUT2D eigenvalue weighted by molar-refractivity contribution is 7.88. The molecule has 0 spiro atoms. The second kappa shape index (κ2) is 8.29. The first kappa shape index (κ1) is 19.7. The molecule has 2 aromatic rings. The van der Waals surface area contributed by atoms with Crippen LogP contribution in [0.5, 0.6) is 5.75 Å². The van der Waals surface area contributed by atoms with E-state index < -0.39 is 10.0 Å². The van der Waals surface area contributed by atoms with Crippen LogP contribution in [0.1, 0.15) is 16.7 Å². The van der Waals surface area contributed by atoms with Gasteiger partial charge in [0.2, 0.25) is 15.9 Å². The summed E-state index contributed by atoms with van der Waals surface area (Å²) in [7, 11) is -2.00. The number of benzene rings is 2. The molecule has 1 atom stereocenters. The molecule has 0 saturated carbocycles. The normalized spacial score (nSPS) is 16.3. The van der Waals surface area contributed by atoms with Gasteiger partial charge in [0.25, 0.3) is 0 Å². The first-order valence-electron chi connectivity index (χ1n) is 8.55. The molecule has 0 radical (unpaired) electrons. The van der Waals surface area contributed by atoms with Crippen molar-refractivity contribution in [2.24, 2.45) is 5.92 Å². The van der Waals surface area contributed by atoms with Crippen molar-refractivity contribution in [1.82, 2.24) is 10.0 Å². The van der Waals surface area contributed by atoms with E-state index in [1.807, 2.05) is 24.3 Å². The molecule has 0 fully saturated rings. The van der Waals surface area contributed by atoms with Crippen LogP contribution < -0.4 is 14.8 Å². The standard InChI is InChI=1S/C19H21ClN2O4S/c1-21-27(24,25)12-14-5-3-2-4-13(14)10-22-19(23)16-8-15-9-17(20)6-7-18(15)26-11-16/h2-7,9,16,21H,8,10-12H2,1H3,(H,22,23). The van der Waals surface area contributed by atoms with Crippen molar-refractivity contribution in [1.29, 1.82) is 0 Å². The number of fused-ring (bicyclic) bond motifs is 1. The van der Waals surface area contributed by atoms with Crippen LogP contribution in [-0.2, 0) is 33.5 Å². The fourth-order valence-electron chi connectivity index (χ4n) is 3.01. The van der Waals surface area contributed by atoms with E-state index >= 15 is 0 Å². The van der Waals surface area contributed by atoms with Gasteiger partial charge in [-0.15, -0.1) is 0 Å². The molecule has 0 saturated heterocycles. The first-order chi connectivity index (χ1) is 12.9. The zero-order chi connectivity index (χ0) is 19.4. The van der Waals surface area contributed by atoms with Crippen LogP contribution in [0, 0.1) is 5.92 Å². The third-order valence-corrected chi connectivity index (χ3v) is 6.08. The Balaban J connectivity index is 1.65. The molecule has 6 nitrogen and oxygen atoms in total. The summed E-state index contributed by atoms with van der Waals surface area (Å²) in [5.74, 6) is 0.177. The molecule has 1 aliphatic rings. The van der Waals surface area contributed by atoms with E-state index in [1.165, 1.54) is 7.05 Å². The molecule has 2 N–H and O–H groups in total. The molecule has 2 aromatic carbocycles. The fraction of sp³-hybridized carbons (Fsp3) is 0.316. The van der Waals surface area contributed by atoms with Gasteiger partial charge in [-0.05, 0) is 48.4 Å². The van der Waals surface area contributed by atoms with Crippen LogP contribution in [-0.4, -0.2) is 28.0 Å². The number of halogens is 1. The van der Waals surface area contributed by atoms with E-state index in [-0.39, 0.29) is 24.1 Å². The number of hydrogen-bond acceptors (Lipinski definition) is 4. The van der Waals surface area contributed by atoms with E-state index in [0.717, 1.165) is 16.9 Å². The Morgan fingerprint density at radius 1 is 1.22 bits per heavy atom. The number of hydrogen-bond donors (Lipinski definition) is 2. The van der Waals surface area contributed by atoms with Crippen molar-refractivity contribution in [2.45, 2.75) is 18.7 Å². The molecular weight excluding hydrogens is 388 g/mol. The molecule has 1 amide bonds. The molecule has 1 aliphatic heterocycles. The van der Waals surface area contributed by atoms with E-state index in [1.54, 1.807) is 18.2 Å². The fourth-order valence-corrected chi connectivity index (χ4v) is 4.04. The van der Waals surface area contributed by atoms with E-state index in [0.29, 0.717) is 23.6 Å². The van der Waals surface area contributed by atoms with Crippen molar-refractivity contribution >= 4 is 27.5 Å². The number of amides is 1. The molecule has 0 bridgehead atoms. The Morgan fingerprint density at radius 2 is 1.96 bits per heavy atom. The predicted molar refractivity (Wildman–Crippen MR) is 104 cm³/mol. The summed E-state index contributed by atoms with van der Waals surface area (Å²) in [6, 6.07) is 12.5. The van der Waals surface area contributed by atoms with E-state index in [4.69, 9.17) is 16.3 Å². The summed E-state index contributed by atoms with van der Waals surface area (Å²) in [5, 5.41) is 3.50. The van der Waals surface area contributed by atoms with E-state index in [9.17, 15) is 13.2 Å². The Labute approximate surface area is 163 Å². The van der Waals surface area contributed by atoms with Gasteiger partial charge in [0.1, 0.15) is 12.4 Å². The van der Waals surface area contributed by atoms with Gasteiger partial charge in [-0.2, -0.15) is 0 Å². The zero-order valence-corrected chi connectivity index (χ0v) is 16.4. The van der Waals surface area contributed by atoms with Crippen LogP contribution >= 0.6 is 11.6 Å². The number of sulfonamides is 1. The van der Waals surface area contributed by atoms with Crippen LogP contribution in [0.2, 0.25) is 5.02 Å². The van der Waals surface area contributed by atoms with Gasteiger partial charge in [0, 0.05) is 11.6 Å². The minimum atomic E-state index is -3.39. The Bertz CT molecular complexity index is 946.